The summed E-state index contributed by atoms with van der Waals surface area (Å²) in [7, 11) is 0. The third kappa shape index (κ3) is 3.15. The molecule has 0 spiro atoms. The van der Waals surface area contributed by atoms with Crippen molar-refractivity contribution in [3.8, 4) is 11.3 Å². The fourth-order valence-electron chi connectivity index (χ4n) is 6.19. The van der Waals surface area contributed by atoms with E-state index in [1.165, 1.54) is 55.2 Å². The highest BCUT2D eigenvalue weighted by atomic mass is 14.7. The van der Waals surface area contributed by atoms with Crippen LogP contribution in [0.3, 0.4) is 0 Å². The molecule has 0 saturated heterocycles. The number of hydrogen-bond donors (Lipinski definition) is 0. The van der Waals surface area contributed by atoms with Crippen molar-refractivity contribution in [3.05, 3.63) is 76.3 Å². The van der Waals surface area contributed by atoms with E-state index in [0.717, 1.165) is 11.9 Å². The van der Waals surface area contributed by atoms with E-state index in [1.807, 2.05) is 0 Å². The SMILES string of the molecule is Cc1ccc2c(C)c3c(cc2c1)-c1nc2ccccc2c(CC(C)(C)C)c1C(C)(C)C3(C)C. The predicted molar refractivity (Wildman–Crippen MR) is 143 cm³/mol. The van der Waals surface area contributed by atoms with E-state index >= 15 is 0 Å². The molecule has 0 fully saturated rings. The third-order valence-corrected chi connectivity index (χ3v) is 8.33. The maximum Gasteiger partial charge on any atom is 0.0753 e. The predicted octanol–water partition coefficient (Wildman–Crippen LogP) is 8.83. The van der Waals surface area contributed by atoms with Gasteiger partial charge in [0.05, 0.1) is 11.2 Å². The van der Waals surface area contributed by atoms with Gasteiger partial charge in [0, 0.05) is 16.4 Å². The zero-order valence-corrected chi connectivity index (χ0v) is 21.8. The zero-order chi connectivity index (χ0) is 23.9. The first-order valence-corrected chi connectivity index (χ1v) is 12.3. The van der Waals surface area contributed by atoms with Crippen molar-refractivity contribution in [2.75, 3.05) is 0 Å². The largest absolute Gasteiger partial charge is 0.247 e. The maximum atomic E-state index is 5.38. The number of hydrogen-bond acceptors (Lipinski definition) is 1. The number of pyridine rings is 1. The topological polar surface area (TPSA) is 12.9 Å². The smallest absolute Gasteiger partial charge is 0.0753 e. The van der Waals surface area contributed by atoms with Crippen LogP contribution in [0.4, 0.5) is 0 Å². The number of aryl methyl sites for hydroxylation is 2. The third-order valence-electron chi connectivity index (χ3n) is 8.33. The average Bonchev–Trinajstić information content (AvgIpc) is 2.70. The number of rotatable bonds is 1. The van der Waals surface area contributed by atoms with Crippen LogP contribution in [0, 0.1) is 19.3 Å². The summed E-state index contributed by atoms with van der Waals surface area (Å²) in [6.07, 6.45) is 1.04. The minimum atomic E-state index is -0.0594. The lowest BCUT2D eigenvalue weighted by Crippen LogP contribution is -2.45. The Balaban J connectivity index is 2.00. The molecule has 0 aliphatic heterocycles. The molecule has 1 nitrogen and oxygen atoms in total. The zero-order valence-electron chi connectivity index (χ0n) is 21.8. The lowest BCUT2D eigenvalue weighted by Gasteiger charge is -2.50. The minimum absolute atomic E-state index is 0.0325. The monoisotopic (exact) mass is 435 g/mol. The van der Waals surface area contributed by atoms with E-state index < -0.39 is 0 Å². The molecule has 0 saturated carbocycles. The molecule has 0 amide bonds. The second-order valence-corrected chi connectivity index (χ2v) is 12.5. The Morgan fingerprint density at radius 2 is 1.45 bits per heavy atom. The maximum absolute atomic E-state index is 5.38. The standard InChI is InChI=1S/C32H37N/c1-19-14-15-22-20(2)27-24(17-21(22)16-19)29-28(32(8,9)31(27,6)7)25(18-30(3,4)5)23-12-10-11-13-26(23)33-29/h10-17H,18H2,1-9H3. The summed E-state index contributed by atoms with van der Waals surface area (Å²) >= 11 is 0. The highest BCUT2D eigenvalue weighted by Crippen LogP contribution is 2.57. The van der Waals surface area contributed by atoms with E-state index in [1.54, 1.807) is 0 Å². The van der Waals surface area contributed by atoms with Gasteiger partial charge >= 0.3 is 0 Å². The Labute approximate surface area is 199 Å². The first-order chi connectivity index (χ1) is 15.3. The number of benzene rings is 3. The number of para-hydroxylation sites is 1. The van der Waals surface area contributed by atoms with E-state index in [2.05, 4.69) is 111 Å². The molecule has 0 radical (unpaired) electrons. The summed E-state index contributed by atoms with van der Waals surface area (Å²) in [5.74, 6) is 0. The van der Waals surface area contributed by atoms with Gasteiger partial charge in [0.1, 0.15) is 0 Å². The van der Waals surface area contributed by atoms with Gasteiger partial charge in [-0.1, -0.05) is 90.4 Å². The van der Waals surface area contributed by atoms with Crippen molar-refractivity contribution in [1.29, 1.82) is 0 Å². The summed E-state index contributed by atoms with van der Waals surface area (Å²) < 4.78 is 0. The van der Waals surface area contributed by atoms with Gasteiger partial charge in [-0.15, -0.1) is 0 Å². The molecule has 170 valence electrons. The van der Waals surface area contributed by atoms with Gasteiger partial charge in [-0.3, -0.25) is 0 Å². The van der Waals surface area contributed by atoms with Crippen molar-refractivity contribution in [2.24, 2.45) is 5.41 Å². The first-order valence-electron chi connectivity index (χ1n) is 12.3. The summed E-state index contributed by atoms with van der Waals surface area (Å²) in [5, 5.41) is 3.99. The van der Waals surface area contributed by atoms with Crippen LogP contribution in [0.2, 0.25) is 0 Å². The van der Waals surface area contributed by atoms with Crippen LogP contribution in [0.15, 0.2) is 48.5 Å². The number of nitrogens with zero attached hydrogens (tertiary/aromatic N) is 1. The molecule has 1 aromatic heterocycles. The van der Waals surface area contributed by atoms with Gasteiger partial charge in [-0.2, -0.15) is 0 Å². The first kappa shape index (κ1) is 22.1. The molecule has 3 aromatic carbocycles. The molecule has 1 aliphatic rings. The molecule has 1 heteroatoms. The van der Waals surface area contributed by atoms with Gasteiger partial charge in [0.15, 0.2) is 0 Å². The molecular weight excluding hydrogens is 398 g/mol. The van der Waals surface area contributed by atoms with Crippen LogP contribution >= 0.6 is 0 Å². The second-order valence-electron chi connectivity index (χ2n) is 12.5. The summed E-state index contributed by atoms with van der Waals surface area (Å²) in [6.45, 7) is 21.3. The van der Waals surface area contributed by atoms with Crippen molar-refractivity contribution < 1.29 is 0 Å². The van der Waals surface area contributed by atoms with Crippen LogP contribution in [0.1, 0.15) is 76.3 Å². The molecule has 0 atom stereocenters. The molecule has 1 aliphatic carbocycles. The van der Waals surface area contributed by atoms with Crippen LogP contribution in [-0.4, -0.2) is 4.98 Å². The molecular formula is C32H37N. The Morgan fingerprint density at radius 3 is 2.15 bits per heavy atom. The summed E-state index contributed by atoms with van der Waals surface area (Å²) in [5.41, 5.74) is 10.8. The van der Waals surface area contributed by atoms with Crippen molar-refractivity contribution in [3.63, 3.8) is 0 Å². The molecule has 0 N–H and O–H groups in total. The molecule has 4 aromatic rings. The van der Waals surface area contributed by atoms with Crippen molar-refractivity contribution >= 4 is 21.7 Å². The van der Waals surface area contributed by atoms with Gasteiger partial charge < -0.3 is 0 Å². The lowest BCUT2D eigenvalue weighted by atomic mass is 9.54. The fraction of sp³-hybridized carbons (Fsp3) is 0.406. The highest BCUT2D eigenvalue weighted by molar-refractivity contribution is 5.97. The van der Waals surface area contributed by atoms with E-state index in [4.69, 9.17) is 4.98 Å². The van der Waals surface area contributed by atoms with Gasteiger partial charge in [-0.05, 0) is 76.3 Å². The fourth-order valence-corrected chi connectivity index (χ4v) is 6.19. The molecule has 5 rings (SSSR count). The Hall–Kier alpha value is -2.67. The van der Waals surface area contributed by atoms with E-state index in [-0.39, 0.29) is 16.2 Å². The van der Waals surface area contributed by atoms with Gasteiger partial charge in [0.25, 0.3) is 0 Å². The van der Waals surface area contributed by atoms with E-state index in [9.17, 15) is 0 Å². The van der Waals surface area contributed by atoms with Crippen LogP contribution in [0.5, 0.6) is 0 Å². The van der Waals surface area contributed by atoms with Crippen molar-refractivity contribution in [1.82, 2.24) is 4.98 Å². The van der Waals surface area contributed by atoms with Crippen LogP contribution in [-0.2, 0) is 17.3 Å². The Morgan fingerprint density at radius 1 is 0.788 bits per heavy atom. The lowest BCUT2D eigenvalue weighted by molar-refractivity contribution is 0.292. The molecule has 1 heterocycles. The normalized spacial score (nSPS) is 16.6. The van der Waals surface area contributed by atoms with E-state index in [0.29, 0.717) is 0 Å². The molecule has 33 heavy (non-hydrogen) atoms. The number of aromatic nitrogens is 1. The molecule has 0 bridgehead atoms. The Bertz CT molecular complexity index is 1430. The van der Waals surface area contributed by atoms with Crippen LogP contribution in [0.25, 0.3) is 32.9 Å². The Kier molecular flexibility index (Phi) is 4.64. The van der Waals surface area contributed by atoms with Gasteiger partial charge in [-0.25, -0.2) is 4.98 Å². The van der Waals surface area contributed by atoms with Gasteiger partial charge in [0.2, 0.25) is 0 Å². The second kappa shape index (κ2) is 6.92. The summed E-state index contributed by atoms with van der Waals surface area (Å²) in [4.78, 5) is 5.38. The molecule has 0 unspecified atom stereocenters. The van der Waals surface area contributed by atoms with Crippen molar-refractivity contribution in [2.45, 2.75) is 79.6 Å². The van der Waals surface area contributed by atoms with Crippen LogP contribution < -0.4 is 0 Å². The summed E-state index contributed by atoms with van der Waals surface area (Å²) in [6, 6.07) is 18.0. The number of fused-ring (bicyclic) bond motifs is 5. The quantitative estimate of drug-likeness (QED) is 0.291. The average molecular weight is 436 g/mol. The minimum Gasteiger partial charge on any atom is -0.247 e. The highest BCUT2D eigenvalue weighted by Gasteiger charge is 2.49.